The Balaban J connectivity index is 1.38. The van der Waals surface area contributed by atoms with E-state index >= 15 is 0 Å². The Labute approximate surface area is 217 Å². The number of nitrogens with one attached hydrogen (secondary N) is 1. The highest BCUT2D eigenvalue weighted by molar-refractivity contribution is 5.79. The van der Waals surface area contributed by atoms with E-state index < -0.39 is 0 Å². The van der Waals surface area contributed by atoms with Crippen molar-refractivity contribution in [2.45, 2.75) is 0 Å². The number of aromatic hydroxyl groups is 1. The van der Waals surface area contributed by atoms with Crippen molar-refractivity contribution in [3.05, 3.63) is 121 Å². The molecule has 37 heavy (non-hydrogen) atoms. The second kappa shape index (κ2) is 10.8. The van der Waals surface area contributed by atoms with Crippen LogP contribution in [0.4, 0.5) is 28.4 Å². The summed E-state index contributed by atoms with van der Waals surface area (Å²) >= 11 is 0. The SMILES string of the molecule is COc1ccc(Nc2ccc(-c3ccc(N(c4ccc(O)cc4)c4ccc(OC)cc4)cc3)cc2)cc1. The zero-order chi connectivity index (χ0) is 25.6. The smallest absolute Gasteiger partial charge is 0.119 e. The number of benzene rings is 5. The van der Waals surface area contributed by atoms with E-state index in [0.717, 1.165) is 51.1 Å². The van der Waals surface area contributed by atoms with Crippen molar-refractivity contribution in [3.63, 3.8) is 0 Å². The van der Waals surface area contributed by atoms with Crippen LogP contribution in [0.1, 0.15) is 0 Å². The van der Waals surface area contributed by atoms with Gasteiger partial charge in [-0.25, -0.2) is 0 Å². The third-order valence-electron chi connectivity index (χ3n) is 6.16. The minimum absolute atomic E-state index is 0.235. The average molecular weight is 489 g/mol. The molecule has 5 nitrogen and oxygen atoms in total. The molecule has 0 atom stereocenters. The van der Waals surface area contributed by atoms with Crippen LogP contribution in [0.15, 0.2) is 121 Å². The molecule has 0 aromatic heterocycles. The zero-order valence-electron chi connectivity index (χ0n) is 20.8. The van der Waals surface area contributed by atoms with Crippen LogP contribution >= 0.6 is 0 Å². The molecule has 0 radical (unpaired) electrons. The standard InChI is InChI=1S/C32H28N2O3/c1-36-31-19-9-26(10-20-31)33-25-7-3-23(4-8-25)24-5-11-27(12-6-24)34(28-13-17-30(35)18-14-28)29-15-21-32(37-2)22-16-29/h3-22,33,35H,1-2H3. The maximum absolute atomic E-state index is 9.79. The Morgan fingerprint density at radius 1 is 0.486 bits per heavy atom. The van der Waals surface area contributed by atoms with Crippen LogP contribution in [-0.4, -0.2) is 19.3 Å². The van der Waals surface area contributed by atoms with Crippen LogP contribution in [0.3, 0.4) is 0 Å². The Kier molecular flexibility index (Phi) is 6.95. The molecule has 0 aliphatic rings. The number of hydrogen-bond donors (Lipinski definition) is 2. The van der Waals surface area contributed by atoms with Crippen molar-refractivity contribution in [1.29, 1.82) is 0 Å². The first-order chi connectivity index (χ1) is 18.1. The number of phenols is 1. The molecule has 0 heterocycles. The summed E-state index contributed by atoms with van der Waals surface area (Å²) in [7, 11) is 3.32. The Morgan fingerprint density at radius 3 is 1.30 bits per heavy atom. The molecule has 0 saturated heterocycles. The summed E-state index contributed by atoms with van der Waals surface area (Å²) in [6.45, 7) is 0. The molecule has 0 amide bonds. The molecule has 5 aromatic rings. The van der Waals surface area contributed by atoms with Crippen LogP contribution < -0.4 is 19.7 Å². The van der Waals surface area contributed by atoms with E-state index in [4.69, 9.17) is 9.47 Å². The fourth-order valence-corrected chi connectivity index (χ4v) is 4.17. The van der Waals surface area contributed by atoms with Crippen LogP contribution in [0.2, 0.25) is 0 Å². The number of phenolic OH excluding ortho intramolecular Hbond substituents is 1. The van der Waals surface area contributed by atoms with Crippen molar-refractivity contribution >= 4 is 28.4 Å². The first kappa shape index (κ1) is 23.8. The van der Waals surface area contributed by atoms with Crippen molar-refractivity contribution in [1.82, 2.24) is 0 Å². The molecule has 0 aliphatic carbocycles. The maximum atomic E-state index is 9.79. The first-order valence-electron chi connectivity index (χ1n) is 12.0. The zero-order valence-corrected chi connectivity index (χ0v) is 20.8. The summed E-state index contributed by atoms with van der Waals surface area (Å²) in [6, 6.07) is 39.8. The van der Waals surface area contributed by atoms with Crippen LogP contribution in [0.25, 0.3) is 11.1 Å². The van der Waals surface area contributed by atoms with Gasteiger partial charge >= 0.3 is 0 Å². The Hall–Kier alpha value is -4.90. The lowest BCUT2D eigenvalue weighted by Crippen LogP contribution is -2.09. The fourth-order valence-electron chi connectivity index (χ4n) is 4.17. The second-order valence-corrected chi connectivity index (χ2v) is 8.53. The summed E-state index contributed by atoms with van der Waals surface area (Å²) in [6.07, 6.45) is 0. The fraction of sp³-hybridized carbons (Fsp3) is 0.0625. The summed E-state index contributed by atoms with van der Waals surface area (Å²) in [5.74, 6) is 1.87. The average Bonchev–Trinajstić information content (AvgIpc) is 2.96. The van der Waals surface area contributed by atoms with Gasteiger partial charge in [0.05, 0.1) is 14.2 Å². The molecular formula is C32H28N2O3. The van der Waals surface area contributed by atoms with Crippen molar-refractivity contribution in [2.75, 3.05) is 24.4 Å². The summed E-state index contributed by atoms with van der Waals surface area (Å²) in [5, 5.41) is 13.2. The van der Waals surface area contributed by atoms with Gasteiger partial charge in [0.1, 0.15) is 17.2 Å². The van der Waals surface area contributed by atoms with Crippen LogP contribution in [0.5, 0.6) is 17.2 Å². The van der Waals surface area contributed by atoms with Gasteiger partial charge in [0.15, 0.2) is 0 Å². The van der Waals surface area contributed by atoms with E-state index in [2.05, 4.69) is 58.7 Å². The first-order valence-corrected chi connectivity index (χ1v) is 12.0. The van der Waals surface area contributed by atoms with Crippen LogP contribution in [-0.2, 0) is 0 Å². The molecule has 0 spiro atoms. The molecule has 0 aliphatic heterocycles. The lowest BCUT2D eigenvalue weighted by Gasteiger charge is -2.26. The molecule has 0 fully saturated rings. The van der Waals surface area contributed by atoms with E-state index in [0.29, 0.717) is 0 Å². The van der Waals surface area contributed by atoms with Gasteiger partial charge in [-0.1, -0.05) is 24.3 Å². The third-order valence-corrected chi connectivity index (χ3v) is 6.16. The summed E-state index contributed by atoms with van der Waals surface area (Å²) in [5.41, 5.74) is 7.23. The van der Waals surface area contributed by atoms with Crippen molar-refractivity contribution in [2.24, 2.45) is 0 Å². The van der Waals surface area contributed by atoms with Gasteiger partial charge in [0, 0.05) is 28.4 Å². The summed E-state index contributed by atoms with van der Waals surface area (Å²) in [4.78, 5) is 2.14. The topological polar surface area (TPSA) is 54.0 Å². The number of nitrogens with zero attached hydrogens (tertiary/aromatic N) is 1. The second-order valence-electron chi connectivity index (χ2n) is 8.53. The van der Waals surface area contributed by atoms with E-state index in [1.807, 2.05) is 60.7 Å². The Bertz CT molecular complexity index is 1430. The lowest BCUT2D eigenvalue weighted by atomic mass is 10.0. The quantitative estimate of drug-likeness (QED) is 0.230. The van der Waals surface area contributed by atoms with Gasteiger partial charge in [-0.3, -0.25) is 0 Å². The molecule has 5 heteroatoms. The van der Waals surface area contributed by atoms with Gasteiger partial charge in [0.2, 0.25) is 0 Å². The third kappa shape index (κ3) is 5.52. The minimum atomic E-state index is 0.235. The highest BCUT2D eigenvalue weighted by Crippen LogP contribution is 2.37. The molecule has 2 N–H and O–H groups in total. The van der Waals surface area contributed by atoms with Gasteiger partial charge in [-0.05, 0) is 108 Å². The molecule has 0 saturated carbocycles. The molecule has 0 unspecified atom stereocenters. The van der Waals surface area contributed by atoms with Gasteiger partial charge in [0.25, 0.3) is 0 Å². The maximum Gasteiger partial charge on any atom is 0.119 e. The normalized spacial score (nSPS) is 10.5. The largest absolute Gasteiger partial charge is 0.508 e. The number of rotatable bonds is 8. The molecule has 5 aromatic carbocycles. The van der Waals surface area contributed by atoms with Crippen LogP contribution in [0, 0.1) is 0 Å². The minimum Gasteiger partial charge on any atom is -0.508 e. The van der Waals surface area contributed by atoms with Gasteiger partial charge in [-0.2, -0.15) is 0 Å². The van der Waals surface area contributed by atoms with Crippen molar-refractivity contribution in [3.8, 4) is 28.4 Å². The molecule has 5 rings (SSSR count). The monoisotopic (exact) mass is 488 g/mol. The number of hydrogen-bond acceptors (Lipinski definition) is 5. The van der Waals surface area contributed by atoms with Crippen molar-refractivity contribution < 1.29 is 14.6 Å². The highest BCUT2D eigenvalue weighted by Gasteiger charge is 2.13. The predicted octanol–water partition coefficient (Wildman–Crippen LogP) is 8.29. The molecule has 0 bridgehead atoms. The number of ether oxygens (including phenoxy) is 2. The summed E-state index contributed by atoms with van der Waals surface area (Å²) < 4.78 is 10.6. The highest BCUT2D eigenvalue weighted by atomic mass is 16.5. The molecular weight excluding hydrogens is 460 g/mol. The van der Waals surface area contributed by atoms with Gasteiger partial charge in [-0.15, -0.1) is 0 Å². The lowest BCUT2D eigenvalue weighted by molar-refractivity contribution is 0.415. The van der Waals surface area contributed by atoms with E-state index in [-0.39, 0.29) is 5.75 Å². The number of methoxy groups -OCH3 is 2. The van der Waals surface area contributed by atoms with E-state index in [1.165, 1.54) is 0 Å². The number of anilines is 5. The van der Waals surface area contributed by atoms with Gasteiger partial charge < -0.3 is 24.8 Å². The molecule has 184 valence electrons. The van der Waals surface area contributed by atoms with E-state index in [1.54, 1.807) is 26.4 Å². The Morgan fingerprint density at radius 2 is 0.838 bits per heavy atom. The van der Waals surface area contributed by atoms with E-state index in [9.17, 15) is 5.11 Å². The predicted molar refractivity (Wildman–Crippen MR) is 151 cm³/mol.